The van der Waals surface area contributed by atoms with Crippen molar-refractivity contribution < 1.29 is 14.6 Å². The predicted molar refractivity (Wildman–Crippen MR) is 84.8 cm³/mol. The molecule has 0 amide bonds. The zero-order chi connectivity index (χ0) is 15.1. The summed E-state index contributed by atoms with van der Waals surface area (Å²) in [5.74, 6) is 1.20. The Kier molecular flexibility index (Phi) is 3.40. The normalized spacial score (nSPS) is 27.3. The van der Waals surface area contributed by atoms with Gasteiger partial charge in [0.05, 0.1) is 25.4 Å². The van der Waals surface area contributed by atoms with E-state index < -0.39 is 0 Å². The number of aliphatic hydroxyl groups excluding tert-OH is 1. The molecule has 1 aliphatic carbocycles. The molecule has 2 fully saturated rings. The number of hydrogen-bond acceptors (Lipinski definition) is 3. The number of ether oxygens (including phenoxy) is 2. The van der Waals surface area contributed by atoms with Crippen molar-refractivity contribution in [2.75, 3.05) is 7.11 Å². The van der Waals surface area contributed by atoms with E-state index in [9.17, 15) is 5.11 Å². The second-order valence-electron chi connectivity index (χ2n) is 6.24. The van der Waals surface area contributed by atoms with Gasteiger partial charge in [-0.25, -0.2) is 0 Å². The quantitative estimate of drug-likeness (QED) is 0.877. The van der Waals surface area contributed by atoms with Crippen LogP contribution in [0.3, 0.4) is 0 Å². The Labute approximate surface area is 130 Å². The van der Waals surface area contributed by atoms with Crippen molar-refractivity contribution in [3.8, 4) is 16.9 Å². The SMILES string of the molecule is COc1ccc(-c2ccc([C@H](O)[C@H]3C[C@@H]4O[C@@H]4C3)cc2)cc1. The van der Waals surface area contributed by atoms with Crippen molar-refractivity contribution in [3.63, 3.8) is 0 Å². The number of rotatable bonds is 4. The minimum atomic E-state index is -0.374. The van der Waals surface area contributed by atoms with Gasteiger partial charge in [-0.05, 0) is 47.6 Å². The summed E-state index contributed by atoms with van der Waals surface area (Å²) in [6.45, 7) is 0. The molecule has 3 heteroatoms. The largest absolute Gasteiger partial charge is 0.497 e. The lowest BCUT2D eigenvalue weighted by Gasteiger charge is -2.19. The van der Waals surface area contributed by atoms with Crippen LogP contribution < -0.4 is 4.74 Å². The number of hydrogen-bond donors (Lipinski definition) is 1. The van der Waals surface area contributed by atoms with E-state index in [1.807, 2.05) is 36.4 Å². The van der Waals surface area contributed by atoms with Crippen molar-refractivity contribution in [1.29, 1.82) is 0 Å². The summed E-state index contributed by atoms with van der Waals surface area (Å²) in [6, 6.07) is 16.2. The monoisotopic (exact) mass is 296 g/mol. The lowest BCUT2D eigenvalue weighted by atomic mass is 9.92. The molecular formula is C19H20O3. The van der Waals surface area contributed by atoms with Gasteiger partial charge < -0.3 is 14.6 Å². The third-order valence-electron chi connectivity index (χ3n) is 4.88. The molecule has 3 nitrogen and oxygen atoms in total. The van der Waals surface area contributed by atoms with Gasteiger partial charge in [0, 0.05) is 0 Å². The molecule has 1 saturated heterocycles. The van der Waals surface area contributed by atoms with Crippen molar-refractivity contribution in [1.82, 2.24) is 0 Å². The highest BCUT2D eigenvalue weighted by molar-refractivity contribution is 5.64. The van der Waals surface area contributed by atoms with E-state index >= 15 is 0 Å². The third kappa shape index (κ3) is 2.51. The molecule has 2 aromatic rings. The molecule has 22 heavy (non-hydrogen) atoms. The Hall–Kier alpha value is -1.84. The van der Waals surface area contributed by atoms with Crippen LogP contribution in [-0.4, -0.2) is 24.4 Å². The predicted octanol–water partition coefficient (Wildman–Crippen LogP) is 3.57. The molecule has 2 aromatic carbocycles. The average molecular weight is 296 g/mol. The summed E-state index contributed by atoms with van der Waals surface area (Å²) >= 11 is 0. The van der Waals surface area contributed by atoms with Gasteiger partial charge in [0.15, 0.2) is 0 Å². The number of aliphatic hydroxyl groups is 1. The van der Waals surface area contributed by atoms with Crippen LogP contribution >= 0.6 is 0 Å². The van der Waals surface area contributed by atoms with Gasteiger partial charge in [-0.3, -0.25) is 0 Å². The fourth-order valence-corrected chi connectivity index (χ4v) is 3.47. The standard InChI is InChI=1S/C19H20O3/c1-21-16-8-6-13(7-9-16)12-2-4-14(5-3-12)19(20)15-10-17-18(11-15)22-17/h2-9,15,17-20H,10-11H2,1H3/t15-,17-,18+,19-/m0/s1. The minimum Gasteiger partial charge on any atom is -0.497 e. The van der Waals surface area contributed by atoms with Gasteiger partial charge in [-0.2, -0.15) is 0 Å². The van der Waals surface area contributed by atoms with E-state index in [1.165, 1.54) is 0 Å². The molecule has 1 saturated carbocycles. The Bertz CT molecular complexity index is 637. The lowest BCUT2D eigenvalue weighted by Crippen LogP contribution is -2.11. The summed E-state index contributed by atoms with van der Waals surface area (Å²) in [6.07, 6.45) is 2.44. The third-order valence-corrected chi connectivity index (χ3v) is 4.88. The average Bonchev–Trinajstić information content (AvgIpc) is 3.20. The highest BCUT2D eigenvalue weighted by atomic mass is 16.6. The van der Waals surface area contributed by atoms with Gasteiger partial charge in [0.25, 0.3) is 0 Å². The molecule has 1 aliphatic heterocycles. The Morgan fingerprint density at radius 1 is 0.955 bits per heavy atom. The van der Waals surface area contributed by atoms with Crippen LogP contribution in [0.4, 0.5) is 0 Å². The van der Waals surface area contributed by atoms with Crippen molar-refractivity contribution in [3.05, 3.63) is 54.1 Å². The topological polar surface area (TPSA) is 42.0 Å². The van der Waals surface area contributed by atoms with Crippen molar-refractivity contribution in [2.24, 2.45) is 5.92 Å². The van der Waals surface area contributed by atoms with Crippen LogP contribution in [0.2, 0.25) is 0 Å². The highest BCUT2D eigenvalue weighted by Gasteiger charge is 2.49. The van der Waals surface area contributed by atoms with E-state index in [-0.39, 0.29) is 6.10 Å². The van der Waals surface area contributed by atoms with Gasteiger partial charge in [0.2, 0.25) is 0 Å². The first-order valence-electron chi connectivity index (χ1n) is 7.82. The van der Waals surface area contributed by atoms with Crippen LogP contribution in [0.5, 0.6) is 5.75 Å². The molecule has 4 rings (SSSR count). The smallest absolute Gasteiger partial charge is 0.118 e. The summed E-state index contributed by atoms with van der Waals surface area (Å²) in [5, 5.41) is 10.5. The van der Waals surface area contributed by atoms with E-state index in [0.29, 0.717) is 18.1 Å². The Balaban J connectivity index is 1.49. The summed E-state index contributed by atoms with van der Waals surface area (Å²) < 4.78 is 10.6. The summed E-state index contributed by atoms with van der Waals surface area (Å²) in [4.78, 5) is 0. The number of methoxy groups -OCH3 is 1. The van der Waals surface area contributed by atoms with Crippen molar-refractivity contribution in [2.45, 2.75) is 31.2 Å². The Morgan fingerprint density at radius 3 is 2.05 bits per heavy atom. The zero-order valence-corrected chi connectivity index (χ0v) is 12.6. The minimum absolute atomic E-state index is 0.343. The second-order valence-corrected chi connectivity index (χ2v) is 6.24. The summed E-state index contributed by atoms with van der Waals surface area (Å²) in [7, 11) is 1.67. The van der Waals surface area contributed by atoms with Crippen molar-refractivity contribution >= 4 is 0 Å². The van der Waals surface area contributed by atoms with Gasteiger partial charge in [-0.1, -0.05) is 36.4 Å². The number of epoxide rings is 1. The molecule has 0 bridgehead atoms. The van der Waals surface area contributed by atoms with Gasteiger partial charge in [0.1, 0.15) is 5.75 Å². The first-order valence-corrected chi connectivity index (χ1v) is 7.82. The molecule has 0 unspecified atom stereocenters. The zero-order valence-electron chi connectivity index (χ0n) is 12.6. The van der Waals surface area contributed by atoms with Crippen LogP contribution in [0.15, 0.2) is 48.5 Å². The van der Waals surface area contributed by atoms with Crippen LogP contribution in [-0.2, 0) is 4.74 Å². The maximum absolute atomic E-state index is 10.5. The maximum Gasteiger partial charge on any atom is 0.118 e. The van der Waals surface area contributed by atoms with Gasteiger partial charge >= 0.3 is 0 Å². The molecule has 1 heterocycles. The molecular weight excluding hydrogens is 276 g/mol. The first-order chi connectivity index (χ1) is 10.7. The highest BCUT2D eigenvalue weighted by Crippen LogP contribution is 2.47. The number of benzene rings is 2. The molecule has 0 radical (unpaired) electrons. The molecule has 0 aromatic heterocycles. The Morgan fingerprint density at radius 2 is 1.50 bits per heavy atom. The second kappa shape index (κ2) is 5.41. The van der Waals surface area contributed by atoms with Gasteiger partial charge in [-0.15, -0.1) is 0 Å². The molecule has 4 atom stereocenters. The van der Waals surface area contributed by atoms with Crippen LogP contribution in [0.25, 0.3) is 11.1 Å². The molecule has 2 aliphatic rings. The fourth-order valence-electron chi connectivity index (χ4n) is 3.47. The van der Waals surface area contributed by atoms with E-state index in [4.69, 9.17) is 9.47 Å². The first kappa shape index (κ1) is 13.8. The van der Waals surface area contributed by atoms with E-state index in [2.05, 4.69) is 12.1 Å². The molecule has 0 spiro atoms. The van der Waals surface area contributed by atoms with E-state index in [1.54, 1.807) is 7.11 Å². The molecule has 114 valence electrons. The lowest BCUT2D eigenvalue weighted by molar-refractivity contribution is 0.0866. The van der Waals surface area contributed by atoms with Crippen LogP contribution in [0.1, 0.15) is 24.5 Å². The fraction of sp³-hybridized carbons (Fsp3) is 0.368. The number of fused-ring (bicyclic) bond motifs is 1. The molecule has 1 N–H and O–H groups in total. The summed E-state index contributed by atoms with van der Waals surface area (Å²) in [5.41, 5.74) is 3.30. The van der Waals surface area contributed by atoms with E-state index in [0.717, 1.165) is 35.3 Å². The van der Waals surface area contributed by atoms with Crippen LogP contribution in [0, 0.1) is 5.92 Å². The maximum atomic E-state index is 10.5.